The number of aryl methyl sites for hydroxylation is 1. The van der Waals surface area contributed by atoms with Crippen molar-refractivity contribution in [2.45, 2.75) is 19.5 Å². The Labute approximate surface area is 94.1 Å². The van der Waals surface area contributed by atoms with Crippen molar-refractivity contribution in [1.82, 2.24) is 15.6 Å². The topological polar surface area (TPSA) is 46.2 Å². The molecule has 2 N–H and O–H groups in total. The first-order valence-corrected chi connectivity index (χ1v) is 6.15. The molecule has 84 valence electrons. The average molecular weight is 227 g/mol. The van der Waals surface area contributed by atoms with Crippen molar-refractivity contribution in [2.24, 2.45) is 0 Å². The molecule has 1 aliphatic rings. The molecule has 1 unspecified atom stereocenters. The lowest BCUT2D eigenvalue weighted by Crippen LogP contribution is -2.47. The predicted molar refractivity (Wildman–Crippen MR) is 61.2 cm³/mol. The number of nitrogens with one attached hydrogen (secondary N) is 2. The number of hydrogen-bond acceptors (Lipinski definition) is 5. The average Bonchev–Trinajstić information content (AvgIpc) is 2.66. The lowest BCUT2D eigenvalue weighted by Gasteiger charge is -2.23. The molecule has 0 aromatic carbocycles. The SMILES string of the molecule is Cc1csc(CNCC2COCCN2)n1. The fraction of sp³-hybridized carbons (Fsp3) is 0.700. The number of morpholine rings is 1. The van der Waals surface area contributed by atoms with Crippen molar-refractivity contribution >= 4 is 11.3 Å². The van der Waals surface area contributed by atoms with E-state index >= 15 is 0 Å². The largest absolute Gasteiger partial charge is 0.378 e. The first-order chi connectivity index (χ1) is 7.34. The van der Waals surface area contributed by atoms with Crippen LogP contribution < -0.4 is 10.6 Å². The van der Waals surface area contributed by atoms with E-state index in [0.717, 1.165) is 43.5 Å². The van der Waals surface area contributed by atoms with E-state index in [0.29, 0.717) is 6.04 Å². The molecule has 1 aromatic heterocycles. The molecule has 0 radical (unpaired) electrons. The van der Waals surface area contributed by atoms with E-state index in [-0.39, 0.29) is 0 Å². The van der Waals surface area contributed by atoms with Gasteiger partial charge in [0.1, 0.15) is 5.01 Å². The second-order valence-corrected chi connectivity index (χ2v) is 4.68. The lowest BCUT2D eigenvalue weighted by molar-refractivity contribution is 0.0766. The summed E-state index contributed by atoms with van der Waals surface area (Å²) in [6, 6.07) is 0.444. The summed E-state index contributed by atoms with van der Waals surface area (Å²) in [6.07, 6.45) is 0. The van der Waals surface area contributed by atoms with Gasteiger partial charge in [0.25, 0.3) is 0 Å². The Bertz CT molecular complexity index is 297. The Morgan fingerprint density at radius 1 is 1.73 bits per heavy atom. The van der Waals surface area contributed by atoms with Crippen molar-refractivity contribution in [1.29, 1.82) is 0 Å². The van der Waals surface area contributed by atoms with E-state index < -0.39 is 0 Å². The minimum absolute atomic E-state index is 0.444. The highest BCUT2D eigenvalue weighted by molar-refractivity contribution is 7.09. The standard InChI is InChI=1S/C10H17N3OS/c1-8-7-15-10(13-8)5-11-4-9-6-14-3-2-12-9/h7,9,11-12H,2-6H2,1H3. The molecule has 15 heavy (non-hydrogen) atoms. The summed E-state index contributed by atoms with van der Waals surface area (Å²) in [4.78, 5) is 4.40. The van der Waals surface area contributed by atoms with Crippen LogP contribution in [-0.4, -0.2) is 37.3 Å². The van der Waals surface area contributed by atoms with Crippen LogP contribution in [0.25, 0.3) is 0 Å². The lowest BCUT2D eigenvalue weighted by atomic mass is 10.3. The van der Waals surface area contributed by atoms with E-state index in [4.69, 9.17) is 4.74 Å². The van der Waals surface area contributed by atoms with Crippen LogP contribution >= 0.6 is 11.3 Å². The second kappa shape index (κ2) is 5.55. The van der Waals surface area contributed by atoms with Crippen molar-refractivity contribution in [2.75, 3.05) is 26.3 Å². The Morgan fingerprint density at radius 3 is 3.33 bits per heavy atom. The molecule has 0 spiro atoms. The Hall–Kier alpha value is -0.490. The van der Waals surface area contributed by atoms with Crippen LogP contribution in [0, 0.1) is 6.92 Å². The molecule has 2 rings (SSSR count). The van der Waals surface area contributed by atoms with Crippen LogP contribution in [0.5, 0.6) is 0 Å². The van der Waals surface area contributed by atoms with Gasteiger partial charge < -0.3 is 15.4 Å². The van der Waals surface area contributed by atoms with Crippen LogP contribution in [0.15, 0.2) is 5.38 Å². The highest BCUT2D eigenvalue weighted by Gasteiger charge is 2.11. The van der Waals surface area contributed by atoms with Gasteiger partial charge in [-0.05, 0) is 6.92 Å². The van der Waals surface area contributed by atoms with Gasteiger partial charge in [-0.2, -0.15) is 0 Å². The highest BCUT2D eigenvalue weighted by atomic mass is 32.1. The molecule has 1 aliphatic heterocycles. The Morgan fingerprint density at radius 2 is 2.67 bits per heavy atom. The van der Waals surface area contributed by atoms with Crippen LogP contribution in [0.4, 0.5) is 0 Å². The summed E-state index contributed by atoms with van der Waals surface area (Å²) in [5, 5.41) is 10.0. The van der Waals surface area contributed by atoms with E-state index in [9.17, 15) is 0 Å². The van der Waals surface area contributed by atoms with Crippen LogP contribution in [-0.2, 0) is 11.3 Å². The normalized spacial score (nSPS) is 21.8. The van der Waals surface area contributed by atoms with Crippen molar-refractivity contribution in [3.63, 3.8) is 0 Å². The van der Waals surface area contributed by atoms with Crippen LogP contribution in [0.3, 0.4) is 0 Å². The third-order valence-corrected chi connectivity index (χ3v) is 3.30. The summed E-state index contributed by atoms with van der Waals surface area (Å²) >= 11 is 1.71. The minimum Gasteiger partial charge on any atom is -0.378 e. The quantitative estimate of drug-likeness (QED) is 0.787. The fourth-order valence-corrected chi connectivity index (χ4v) is 2.33. The minimum atomic E-state index is 0.444. The molecule has 4 nitrogen and oxygen atoms in total. The van der Waals surface area contributed by atoms with E-state index in [1.165, 1.54) is 0 Å². The van der Waals surface area contributed by atoms with Crippen molar-refractivity contribution in [3.8, 4) is 0 Å². The van der Waals surface area contributed by atoms with Crippen LogP contribution in [0.1, 0.15) is 10.7 Å². The van der Waals surface area contributed by atoms with Gasteiger partial charge in [-0.3, -0.25) is 0 Å². The van der Waals surface area contributed by atoms with Crippen molar-refractivity contribution < 1.29 is 4.74 Å². The van der Waals surface area contributed by atoms with Gasteiger partial charge >= 0.3 is 0 Å². The molecular formula is C10H17N3OS. The van der Waals surface area contributed by atoms with Gasteiger partial charge in [0, 0.05) is 36.8 Å². The monoisotopic (exact) mass is 227 g/mol. The van der Waals surface area contributed by atoms with Gasteiger partial charge in [-0.15, -0.1) is 11.3 Å². The molecule has 0 bridgehead atoms. The first-order valence-electron chi connectivity index (χ1n) is 5.27. The molecule has 5 heteroatoms. The zero-order chi connectivity index (χ0) is 10.5. The summed E-state index contributed by atoms with van der Waals surface area (Å²) in [7, 11) is 0. The van der Waals surface area contributed by atoms with E-state index in [1.54, 1.807) is 11.3 Å². The maximum absolute atomic E-state index is 5.37. The first kappa shape index (κ1) is 11.0. The number of ether oxygens (including phenoxy) is 1. The summed E-state index contributed by atoms with van der Waals surface area (Å²) < 4.78 is 5.37. The third-order valence-electron chi connectivity index (χ3n) is 2.33. The zero-order valence-electron chi connectivity index (χ0n) is 8.95. The Kier molecular flexibility index (Phi) is 4.08. The zero-order valence-corrected chi connectivity index (χ0v) is 9.77. The van der Waals surface area contributed by atoms with Crippen LogP contribution in [0.2, 0.25) is 0 Å². The van der Waals surface area contributed by atoms with Gasteiger partial charge in [0.2, 0.25) is 0 Å². The molecule has 2 heterocycles. The summed E-state index contributed by atoms with van der Waals surface area (Å²) in [5.41, 5.74) is 1.11. The summed E-state index contributed by atoms with van der Waals surface area (Å²) in [5.74, 6) is 0. The molecule has 1 aromatic rings. The van der Waals surface area contributed by atoms with Gasteiger partial charge in [-0.1, -0.05) is 0 Å². The number of nitrogens with zero attached hydrogens (tertiary/aromatic N) is 1. The maximum Gasteiger partial charge on any atom is 0.107 e. The third kappa shape index (κ3) is 3.53. The smallest absolute Gasteiger partial charge is 0.107 e. The molecule has 1 fully saturated rings. The van der Waals surface area contributed by atoms with E-state index in [2.05, 4.69) is 21.0 Å². The number of hydrogen-bond donors (Lipinski definition) is 2. The molecule has 0 saturated carbocycles. The van der Waals surface area contributed by atoms with E-state index in [1.807, 2.05) is 6.92 Å². The van der Waals surface area contributed by atoms with Gasteiger partial charge in [0.15, 0.2) is 0 Å². The number of thiazole rings is 1. The second-order valence-electron chi connectivity index (χ2n) is 3.74. The molecular weight excluding hydrogens is 210 g/mol. The predicted octanol–water partition coefficient (Wildman–Crippen LogP) is 0.530. The van der Waals surface area contributed by atoms with Gasteiger partial charge in [0.05, 0.1) is 13.2 Å². The fourth-order valence-electron chi connectivity index (χ4n) is 1.59. The number of rotatable bonds is 4. The van der Waals surface area contributed by atoms with Crippen molar-refractivity contribution in [3.05, 3.63) is 16.1 Å². The molecule has 1 saturated heterocycles. The summed E-state index contributed by atoms with van der Waals surface area (Å²) in [6.45, 7) is 6.43. The maximum atomic E-state index is 5.37. The molecule has 0 aliphatic carbocycles. The Balaban J connectivity index is 1.65. The number of aromatic nitrogens is 1. The molecule has 1 atom stereocenters. The molecule has 0 amide bonds. The highest BCUT2D eigenvalue weighted by Crippen LogP contribution is 2.07. The van der Waals surface area contributed by atoms with Gasteiger partial charge in [-0.25, -0.2) is 4.98 Å².